The topological polar surface area (TPSA) is 12.0 Å². The van der Waals surface area contributed by atoms with Crippen LogP contribution in [0.5, 0.6) is 0 Å². The molecule has 0 aromatic heterocycles. The van der Waals surface area contributed by atoms with E-state index in [0.717, 1.165) is 0 Å². The zero-order valence-electron chi connectivity index (χ0n) is 8.18. The lowest BCUT2D eigenvalue weighted by Crippen LogP contribution is -2.15. The van der Waals surface area contributed by atoms with E-state index in [0.29, 0.717) is 6.04 Å². The van der Waals surface area contributed by atoms with Gasteiger partial charge in [-0.25, -0.2) is 0 Å². The second-order valence-electron chi connectivity index (χ2n) is 3.18. The zero-order valence-corrected chi connectivity index (χ0v) is 10.3. The van der Waals surface area contributed by atoms with Gasteiger partial charge in [0.2, 0.25) is 0 Å². The largest absolute Gasteiger partial charge is 0.313 e. The van der Waals surface area contributed by atoms with E-state index in [9.17, 15) is 0 Å². The molecule has 72 valence electrons. The van der Waals surface area contributed by atoms with Gasteiger partial charge in [0.15, 0.2) is 0 Å². The van der Waals surface area contributed by atoms with Crippen LogP contribution >= 0.6 is 22.6 Å². The van der Waals surface area contributed by atoms with Gasteiger partial charge in [-0.15, -0.1) is 0 Å². The van der Waals surface area contributed by atoms with Crippen molar-refractivity contribution in [2.75, 3.05) is 7.05 Å². The zero-order chi connectivity index (χ0) is 9.68. The lowest BCUT2D eigenvalue weighted by atomic mass is 10.0. The third-order valence-electron chi connectivity index (χ3n) is 2.18. The molecule has 0 radical (unpaired) electrons. The summed E-state index contributed by atoms with van der Waals surface area (Å²) in [6, 6.07) is 9.20. The normalized spacial score (nSPS) is 12.8. The highest BCUT2D eigenvalue weighted by Gasteiger charge is 2.06. The molecule has 0 aliphatic heterocycles. The average Bonchev–Trinajstić information content (AvgIpc) is 2.14. The van der Waals surface area contributed by atoms with E-state index in [4.69, 9.17) is 0 Å². The maximum atomic E-state index is 3.34. The minimum absolute atomic E-state index is 0.514. The second-order valence-corrected chi connectivity index (χ2v) is 4.43. The van der Waals surface area contributed by atoms with Crippen LogP contribution in [0.15, 0.2) is 24.3 Å². The quantitative estimate of drug-likeness (QED) is 0.838. The first kappa shape index (κ1) is 11.0. The third kappa shape index (κ3) is 3.27. The molecule has 1 nitrogen and oxygen atoms in total. The van der Waals surface area contributed by atoms with Gasteiger partial charge < -0.3 is 5.32 Å². The fraction of sp³-hybridized carbons (Fsp3) is 0.455. The molecule has 0 bridgehead atoms. The molecule has 0 amide bonds. The third-order valence-corrected chi connectivity index (χ3v) is 2.85. The van der Waals surface area contributed by atoms with E-state index in [2.05, 4.69) is 59.1 Å². The Morgan fingerprint density at radius 3 is 2.77 bits per heavy atom. The summed E-state index contributed by atoms with van der Waals surface area (Å²) in [4.78, 5) is 0. The fourth-order valence-corrected chi connectivity index (χ4v) is 2.06. The SMILES string of the molecule is CCCC(NC)c1cccc(I)c1. The molecule has 1 aromatic rings. The van der Waals surface area contributed by atoms with Crippen molar-refractivity contribution in [1.29, 1.82) is 0 Å². The Morgan fingerprint density at radius 2 is 2.23 bits per heavy atom. The Morgan fingerprint density at radius 1 is 1.46 bits per heavy atom. The Balaban J connectivity index is 2.78. The second kappa shape index (κ2) is 5.60. The predicted octanol–water partition coefficient (Wildman–Crippen LogP) is 3.35. The van der Waals surface area contributed by atoms with Crippen LogP contribution < -0.4 is 5.32 Å². The van der Waals surface area contributed by atoms with E-state index < -0.39 is 0 Å². The number of hydrogen-bond acceptors (Lipinski definition) is 1. The van der Waals surface area contributed by atoms with Gasteiger partial charge in [-0.3, -0.25) is 0 Å². The molecule has 13 heavy (non-hydrogen) atoms. The summed E-state index contributed by atoms with van der Waals surface area (Å²) in [6.45, 7) is 2.22. The van der Waals surface area contributed by atoms with E-state index in [1.807, 2.05) is 7.05 Å². The fourth-order valence-electron chi connectivity index (χ4n) is 1.49. The first-order chi connectivity index (χ1) is 6.27. The minimum Gasteiger partial charge on any atom is -0.313 e. The van der Waals surface area contributed by atoms with E-state index in [-0.39, 0.29) is 0 Å². The lowest BCUT2D eigenvalue weighted by molar-refractivity contribution is 0.541. The van der Waals surface area contributed by atoms with E-state index >= 15 is 0 Å². The van der Waals surface area contributed by atoms with Crippen LogP contribution in [0.2, 0.25) is 0 Å². The summed E-state index contributed by atoms with van der Waals surface area (Å²) in [5.74, 6) is 0. The van der Waals surface area contributed by atoms with Crippen molar-refractivity contribution in [2.24, 2.45) is 0 Å². The molecule has 0 aliphatic carbocycles. The van der Waals surface area contributed by atoms with Crippen LogP contribution in [0.4, 0.5) is 0 Å². The van der Waals surface area contributed by atoms with Gasteiger partial charge in [0, 0.05) is 9.61 Å². The monoisotopic (exact) mass is 289 g/mol. The highest BCUT2D eigenvalue weighted by Crippen LogP contribution is 2.19. The first-order valence-electron chi connectivity index (χ1n) is 4.70. The van der Waals surface area contributed by atoms with Gasteiger partial charge in [-0.2, -0.15) is 0 Å². The van der Waals surface area contributed by atoms with E-state index in [1.165, 1.54) is 22.0 Å². The first-order valence-corrected chi connectivity index (χ1v) is 5.78. The van der Waals surface area contributed by atoms with E-state index in [1.54, 1.807) is 0 Å². The molecule has 0 saturated carbocycles. The molecule has 2 heteroatoms. The van der Waals surface area contributed by atoms with Crippen molar-refractivity contribution in [1.82, 2.24) is 5.32 Å². The molecule has 1 N–H and O–H groups in total. The highest BCUT2D eigenvalue weighted by atomic mass is 127. The molecule has 1 atom stereocenters. The van der Waals surface area contributed by atoms with Crippen molar-refractivity contribution in [2.45, 2.75) is 25.8 Å². The Labute approximate surface area is 94.1 Å². The molecule has 0 fully saturated rings. The van der Waals surface area contributed by atoms with Crippen LogP contribution in [0.1, 0.15) is 31.4 Å². The minimum atomic E-state index is 0.514. The molecule has 1 unspecified atom stereocenters. The molecular weight excluding hydrogens is 273 g/mol. The maximum Gasteiger partial charge on any atom is 0.0317 e. The molecular formula is C11H16IN. The molecule has 0 heterocycles. The summed E-state index contributed by atoms with van der Waals surface area (Å²) in [5, 5.41) is 3.34. The lowest BCUT2D eigenvalue weighted by Gasteiger charge is -2.15. The molecule has 0 aliphatic rings. The number of halogens is 1. The highest BCUT2D eigenvalue weighted by molar-refractivity contribution is 14.1. The Kier molecular flexibility index (Phi) is 4.73. The summed E-state index contributed by atoms with van der Waals surface area (Å²) < 4.78 is 1.31. The van der Waals surface area contributed by atoms with Crippen molar-refractivity contribution >= 4 is 22.6 Å². The van der Waals surface area contributed by atoms with Crippen molar-refractivity contribution < 1.29 is 0 Å². The number of nitrogens with one attached hydrogen (secondary N) is 1. The summed E-state index contributed by atoms with van der Waals surface area (Å²) in [7, 11) is 2.03. The van der Waals surface area contributed by atoms with Crippen LogP contribution in [0.3, 0.4) is 0 Å². The molecule has 0 spiro atoms. The van der Waals surface area contributed by atoms with Crippen molar-refractivity contribution in [3.63, 3.8) is 0 Å². The maximum absolute atomic E-state index is 3.34. The van der Waals surface area contributed by atoms with Crippen LogP contribution in [-0.4, -0.2) is 7.05 Å². The van der Waals surface area contributed by atoms with Gasteiger partial charge in [-0.05, 0) is 53.8 Å². The summed E-state index contributed by atoms with van der Waals surface area (Å²) >= 11 is 2.36. The smallest absolute Gasteiger partial charge is 0.0317 e. The van der Waals surface area contributed by atoms with Crippen LogP contribution in [0, 0.1) is 3.57 Å². The van der Waals surface area contributed by atoms with Crippen molar-refractivity contribution in [3.05, 3.63) is 33.4 Å². The standard InChI is InChI=1S/C11H16IN/c1-3-5-11(13-2)9-6-4-7-10(12)8-9/h4,6-8,11,13H,3,5H2,1-2H3. The van der Waals surface area contributed by atoms with Gasteiger partial charge in [0.1, 0.15) is 0 Å². The van der Waals surface area contributed by atoms with Gasteiger partial charge in [0.25, 0.3) is 0 Å². The van der Waals surface area contributed by atoms with Crippen molar-refractivity contribution in [3.8, 4) is 0 Å². The molecule has 0 saturated heterocycles. The Hall–Kier alpha value is -0.0900. The number of benzene rings is 1. The molecule has 1 rings (SSSR count). The number of rotatable bonds is 4. The summed E-state index contributed by atoms with van der Waals surface area (Å²) in [6.07, 6.45) is 2.42. The average molecular weight is 289 g/mol. The Bertz CT molecular complexity index is 260. The van der Waals surface area contributed by atoms with Crippen LogP contribution in [0.25, 0.3) is 0 Å². The summed E-state index contributed by atoms with van der Waals surface area (Å²) in [5.41, 5.74) is 1.40. The van der Waals surface area contributed by atoms with Gasteiger partial charge in [0.05, 0.1) is 0 Å². The van der Waals surface area contributed by atoms with Gasteiger partial charge >= 0.3 is 0 Å². The number of hydrogen-bond donors (Lipinski definition) is 1. The molecule has 1 aromatic carbocycles. The predicted molar refractivity (Wildman–Crippen MR) is 65.9 cm³/mol. The van der Waals surface area contributed by atoms with Crippen LogP contribution in [-0.2, 0) is 0 Å². The van der Waals surface area contributed by atoms with Gasteiger partial charge in [-0.1, -0.05) is 25.5 Å².